The molecule has 1 amide bonds. The molecule has 1 heterocycles. The average Bonchev–Trinajstić information content (AvgIpc) is 2.31. The van der Waals surface area contributed by atoms with Gasteiger partial charge in [-0.15, -0.1) is 0 Å². The summed E-state index contributed by atoms with van der Waals surface area (Å²) in [6.45, 7) is 1.78. The van der Waals surface area contributed by atoms with Crippen LogP contribution in [0.5, 0.6) is 11.5 Å². The summed E-state index contributed by atoms with van der Waals surface area (Å²) >= 11 is 5.72. The number of aromatic nitrogens is 1. The largest absolute Gasteiger partial charge is 0.508 e. The number of rotatable bonds is 2. The number of phenolic OH excluding ortho intramolecular Hbond substituents is 2. The number of hydrogen-bond donors (Lipinski definition) is 3. The minimum absolute atomic E-state index is 0.145. The van der Waals surface area contributed by atoms with E-state index in [1.165, 1.54) is 18.3 Å². The van der Waals surface area contributed by atoms with Gasteiger partial charge in [0.15, 0.2) is 0 Å². The smallest absolute Gasteiger partial charge is 0.255 e. The molecule has 0 aliphatic rings. The summed E-state index contributed by atoms with van der Waals surface area (Å²) < 4.78 is 0. The van der Waals surface area contributed by atoms with Crippen molar-refractivity contribution in [1.29, 1.82) is 0 Å². The number of benzene rings is 1. The fraction of sp³-hybridized carbons (Fsp3) is 0.0769. The Morgan fingerprint density at radius 3 is 2.42 bits per heavy atom. The van der Waals surface area contributed by atoms with Gasteiger partial charge in [-0.25, -0.2) is 4.98 Å². The Balaban J connectivity index is 2.25. The zero-order valence-electron chi connectivity index (χ0n) is 10.0. The van der Waals surface area contributed by atoms with Gasteiger partial charge in [0.2, 0.25) is 0 Å². The van der Waals surface area contributed by atoms with Crippen molar-refractivity contribution in [2.45, 2.75) is 6.92 Å². The lowest BCUT2D eigenvalue weighted by atomic mass is 10.1. The monoisotopic (exact) mass is 278 g/mol. The van der Waals surface area contributed by atoms with E-state index in [4.69, 9.17) is 11.6 Å². The van der Waals surface area contributed by atoms with E-state index in [1.54, 1.807) is 13.0 Å². The third-order valence-electron chi connectivity index (χ3n) is 2.49. The molecule has 2 rings (SSSR count). The van der Waals surface area contributed by atoms with Crippen LogP contribution >= 0.6 is 11.6 Å². The van der Waals surface area contributed by atoms with E-state index in [9.17, 15) is 15.0 Å². The highest BCUT2D eigenvalue weighted by molar-refractivity contribution is 6.29. The minimum atomic E-state index is -0.460. The molecule has 0 atom stereocenters. The zero-order valence-corrected chi connectivity index (χ0v) is 10.8. The standard InChI is InChI=1S/C13H11ClN2O3/c1-7-2-12(14)15-6-11(7)16-13(19)8-3-9(17)5-10(18)4-8/h2-6,17-18H,1H3,(H,16,19). The number of halogens is 1. The van der Waals surface area contributed by atoms with E-state index in [0.717, 1.165) is 11.6 Å². The van der Waals surface area contributed by atoms with Gasteiger partial charge in [-0.05, 0) is 30.7 Å². The highest BCUT2D eigenvalue weighted by Gasteiger charge is 2.10. The molecular weight excluding hydrogens is 268 g/mol. The molecular formula is C13H11ClN2O3. The molecule has 0 aliphatic carbocycles. The SMILES string of the molecule is Cc1cc(Cl)ncc1NC(=O)c1cc(O)cc(O)c1. The molecule has 2 aromatic rings. The van der Waals surface area contributed by atoms with Crippen LogP contribution in [-0.2, 0) is 0 Å². The molecule has 0 fully saturated rings. The number of hydrogen-bond acceptors (Lipinski definition) is 4. The van der Waals surface area contributed by atoms with Crippen molar-refractivity contribution in [3.63, 3.8) is 0 Å². The van der Waals surface area contributed by atoms with Crippen LogP contribution in [0.1, 0.15) is 15.9 Å². The van der Waals surface area contributed by atoms with Crippen LogP contribution in [0.15, 0.2) is 30.5 Å². The molecule has 0 spiro atoms. The number of amides is 1. The highest BCUT2D eigenvalue weighted by Crippen LogP contribution is 2.22. The summed E-state index contributed by atoms with van der Waals surface area (Å²) in [5.41, 5.74) is 1.42. The molecule has 98 valence electrons. The molecule has 1 aromatic heterocycles. The van der Waals surface area contributed by atoms with Gasteiger partial charge in [0, 0.05) is 11.6 Å². The Morgan fingerprint density at radius 2 is 1.84 bits per heavy atom. The molecule has 0 bridgehead atoms. The van der Waals surface area contributed by atoms with E-state index in [2.05, 4.69) is 10.3 Å². The Morgan fingerprint density at radius 1 is 1.21 bits per heavy atom. The average molecular weight is 279 g/mol. The molecule has 0 saturated heterocycles. The summed E-state index contributed by atoms with van der Waals surface area (Å²) in [6.07, 6.45) is 1.44. The second kappa shape index (κ2) is 5.16. The minimum Gasteiger partial charge on any atom is -0.508 e. The first-order valence-electron chi connectivity index (χ1n) is 5.42. The van der Waals surface area contributed by atoms with Crippen molar-refractivity contribution in [2.24, 2.45) is 0 Å². The van der Waals surface area contributed by atoms with Crippen LogP contribution in [-0.4, -0.2) is 21.1 Å². The molecule has 19 heavy (non-hydrogen) atoms. The first-order valence-corrected chi connectivity index (χ1v) is 5.80. The number of phenols is 2. The van der Waals surface area contributed by atoms with Gasteiger partial charge in [-0.2, -0.15) is 0 Å². The fourth-order valence-corrected chi connectivity index (χ4v) is 1.79. The van der Waals surface area contributed by atoms with Crippen molar-refractivity contribution in [1.82, 2.24) is 4.98 Å². The van der Waals surface area contributed by atoms with Crippen LogP contribution in [0, 0.1) is 6.92 Å². The van der Waals surface area contributed by atoms with Gasteiger partial charge in [0.05, 0.1) is 11.9 Å². The summed E-state index contributed by atoms with van der Waals surface area (Å²) in [5, 5.41) is 21.6. The van der Waals surface area contributed by atoms with Crippen LogP contribution in [0.25, 0.3) is 0 Å². The van der Waals surface area contributed by atoms with Crippen LogP contribution in [0.2, 0.25) is 5.15 Å². The van der Waals surface area contributed by atoms with Crippen LogP contribution in [0.4, 0.5) is 5.69 Å². The lowest BCUT2D eigenvalue weighted by Crippen LogP contribution is -2.12. The fourth-order valence-electron chi connectivity index (χ4n) is 1.57. The van der Waals surface area contributed by atoms with Crippen molar-refractivity contribution in [3.05, 3.63) is 46.7 Å². The normalized spacial score (nSPS) is 10.2. The summed E-state index contributed by atoms with van der Waals surface area (Å²) in [4.78, 5) is 15.8. The highest BCUT2D eigenvalue weighted by atomic mass is 35.5. The Bertz CT molecular complexity index is 624. The Hall–Kier alpha value is -2.27. The van der Waals surface area contributed by atoms with Crippen molar-refractivity contribution >= 4 is 23.2 Å². The number of anilines is 1. The maximum Gasteiger partial charge on any atom is 0.255 e. The van der Waals surface area contributed by atoms with E-state index in [1.807, 2.05) is 0 Å². The number of carbonyl (C=O) groups is 1. The van der Waals surface area contributed by atoms with Gasteiger partial charge >= 0.3 is 0 Å². The van der Waals surface area contributed by atoms with Gasteiger partial charge in [0.25, 0.3) is 5.91 Å². The first-order chi connectivity index (χ1) is 8.95. The van der Waals surface area contributed by atoms with E-state index < -0.39 is 5.91 Å². The lowest BCUT2D eigenvalue weighted by molar-refractivity contribution is 0.102. The second-order valence-electron chi connectivity index (χ2n) is 4.01. The quantitative estimate of drug-likeness (QED) is 0.738. The number of pyridine rings is 1. The van der Waals surface area contributed by atoms with Gasteiger partial charge in [-0.3, -0.25) is 4.79 Å². The van der Waals surface area contributed by atoms with Crippen molar-refractivity contribution in [3.8, 4) is 11.5 Å². The summed E-state index contributed by atoms with van der Waals surface area (Å²) in [5.74, 6) is -0.828. The van der Waals surface area contributed by atoms with Gasteiger partial charge < -0.3 is 15.5 Å². The molecule has 1 aromatic carbocycles. The van der Waals surface area contributed by atoms with E-state index in [0.29, 0.717) is 10.8 Å². The van der Waals surface area contributed by atoms with Gasteiger partial charge in [0.1, 0.15) is 16.7 Å². The summed E-state index contributed by atoms with van der Waals surface area (Å²) in [6, 6.07) is 5.28. The summed E-state index contributed by atoms with van der Waals surface area (Å²) in [7, 11) is 0. The maximum atomic E-state index is 12.0. The molecule has 6 heteroatoms. The van der Waals surface area contributed by atoms with Crippen LogP contribution < -0.4 is 5.32 Å². The number of aryl methyl sites for hydroxylation is 1. The number of carbonyl (C=O) groups excluding carboxylic acids is 1. The number of nitrogens with one attached hydrogen (secondary N) is 1. The molecule has 5 nitrogen and oxygen atoms in total. The Labute approximate surface area is 114 Å². The van der Waals surface area contributed by atoms with Crippen LogP contribution in [0.3, 0.4) is 0 Å². The lowest BCUT2D eigenvalue weighted by Gasteiger charge is -2.08. The second-order valence-corrected chi connectivity index (χ2v) is 4.40. The van der Waals surface area contributed by atoms with Crippen molar-refractivity contribution in [2.75, 3.05) is 5.32 Å². The molecule has 3 N–H and O–H groups in total. The molecule has 0 radical (unpaired) electrons. The van der Waals surface area contributed by atoms with Gasteiger partial charge in [-0.1, -0.05) is 11.6 Å². The number of nitrogens with zero attached hydrogens (tertiary/aromatic N) is 1. The predicted molar refractivity (Wildman–Crippen MR) is 71.7 cm³/mol. The van der Waals surface area contributed by atoms with Crippen molar-refractivity contribution < 1.29 is 15.0 Å². The first kappa shape index (κ1) is 13.2. The topological polar surface area (TPSA) is 82.5 Å². The molecule has 0 unspecified atom stereocenters. The number of aromatic hydroxyl groups is 2. The Kier molecular flexibility index (Phi) is 3.57. The predicted octanol–water partition coefficient (Wildman–Crippen LogP) is 2.71. The molecule has 0 saturated carbocycles. The third kappa shape index (κ3) is 3.14. The van der Waals surface area contributed by atoms with E-state index >= 15 is 0 Å². The zero-order chi connectivity index (χ0) is 14.0. The maximum absolute atomic E-state index is 12.0. The van der Waals surface area contributed by atoms with E-state index in [-0.39, 0.29) is 17.1 Å². The third-order valence-corrected chi connectivity index (χ3v) is 2.70. The molecule has 0 aliphatic heterocycles.